The molecule has 4 heteroatoms. The van der Waals surface area contributed by atoms with E-state index in [0.29, 0.717) is 12.0 Å². The normalized spacial score (nSPS) is 27.4. The summed E-state index contributed by atoms with van der Waals surface area (Å²) in [6.07, 6.45) is 5.82. The highest BCUT2D eigenvalue weighted by Crippen LogP contribution is 2.37. The Bertz CT molecular complexity index is 493. The van der Waals surface area contributed by atoms with Crippen molar-refractivity contribution >= 4 is 6.09 Å². The lowest BCUT2D eigenvalue weighted by Gasteiger charge is -2.20. The van der Waals surface area contributed by atoms with Crippen molar-refractivity contribution in [2.45, 2.75) is 63.7 Å². The van der Waals surface area contributed by atoms with Crippen molar-refractivity contribution in [3.05, 3.63) is 35.9 Å². The van der Waals surface area contributed by atoms with Gasteiger partial charge >= 0.3 is 6.09 Å². The highest BCUT2D eigenvalue weighted by Gasteiger charge is 2.40. The van der Waals surface area contributed by atoms with Gasteiger partial charge in [-0.25, -0.2) is 4.79 Å². The van der Waals surface area contributed by atoms with Crippen LogP contribution in [0, 0.1) is 5.92 Å². The summed E-state index contributed by atoms with van der Waals surface area (Å²) in [6.45, 7) is 3.00. The van der Waals surface area contributed by atoms with Gasteiger partial charge in [0.1, 0.15) is 6.10 Å². The van der Waals surface area contributed by atoms with E-state index < -0.39 is 0 Å². The summed E-state index contributed by atoms with van der Waals surface area (Å²) in [5, 5.41) is 3.06. The van der Waals surface area contributed by atoms with Crippen LogP contribution in [0.2, 0.25) is 0 Å². The zero-order valence-electron chi connectivity index (χ0n) is 13.9. The molecule has 1 aromatic carbocycles. The largest absolute Gasteiger partial charge is 0.446 e. The van der Waals surface area contributed by atoms with Crippen molar-refractivity contribution < 1.29 is 14.3 Å². The summed E-state index contributed by atoms with van der Waals surface area (Å²) in [4.78, 5) is 12.2. The monoisotopic (exact) mass is 317 g/mol. The Morgan fingerprint density at radius 1 is 1.35 bits per heavy atom. The fourth-order valence-electron chi connectivity index (χ4n) is 3.84. The lowest BCUT2D eigenvalue weighted by Crippen LogP contribution is -2.38. The van der Waals surface area contributed by atoms with Crippen molar-refractivity contribution in [1.29, 1.82) is 0 Å². The van der Waals surface area contributed by atoms with Gasteiger partial charge in [-0.2, -0.15) is 0 Å². The molecule has 4 unspecified atom stereocenters. The van der Waals surface area contributed by atoms with Crippen molar-refractivity contribution in [3.63, 3.8) is 0 Å². The van der Waals surface area contributed by atoms with Crippen LogP contribution in [0.1, 0.15) is 44.6 Å². The van der Waals surface area contributed by atoms with E-state index in [2.05, 4.69) is 24.4 Å². The number of hydrogen-bond acceptors (Lipinski definition) is 3. The van der Waals surface area contributed by atoms with Gasteiger partial charge < -0.3 is 14.8 Å². The molecule has 3 rings (SSSR count). The molecule has 4 atom stereocenters. The van der Waals surface area contributed by atoms with Gasteiger partial charge in [-0.15, -0.1) is 0 Å². The first kappa shape index (κ1) is 16.3. The molecule has 1 saturated heterocycles. The average molecular weight is 317 g/mol. The van der Waals surface area contributed by atoms with Crippen LogP contribution in [0.15, 0.2) is 30.3 Å². The van der Waals surface area contributed by atoms with Crippen LogP contribution in [0.3, 0.4) is 0 Å². The minimum Gasteiger partial charge on any atom is -0.446 e. The molecule has 0 radical (unpaired) electrons. The van der Waals surface area contributed by atoms with Crippen molar-refractivity contribution in [2.24, 2.45) is 5.92 Å². The molecular formula is C19H27NO3. The highest BCUT2D eigenvalue weighted by molar-refractivity contribution is 5.67. The van der Waals surface area contributed by atoms with Gasteiger partial charge in [-0.3, -0.25) is 0 Å². The molecule has 4 nitrogen and oxygen atoms in total. The molecule has 126 valence electrons. The third kappa shape index (κ3) is 4.47. The number of carbonyl (C=O) groups is 1. The van der Waals surface area contributed by atoms with Gasteiger partial charge in [0.15, 0.2) is 0 Å². The zero-order chi connectivity index (χ0) is 16.1. The fourth-order valence-corrected chi connectivity index (χ4v) is 3.84. The molecule has 2 aliphatic rings. The second-order valence-corrected chi connectivity index (χ2v) is 6.78. The number of benzene rings is 1. The number of ether oxygens (including phenoxy) is 2. The quantitative estimate of drug-likeness (QED) is 0.870. The molecule has 1 heterocycles. The summed E-state index contributed by atoms with van der Waals surface area (Å²) in [6, 6.07) is 10.4. The number of amides is 1. The molecule has 0 bridgehead atoms. The maximum atomic E-state index is 12.2. The molecule has 0 spiro atoms. The van der Waals surface area contributed by atoms with E-state index in [9.17, 15) is 4.79 Å². The van der Waals surface area contributed by atoms with Gasteiger partial charge in [-0.05, 0) is 37.2 Å². The maximum Gasteiger partial charge on any atom is 0.407 e. The molecule has 1 aliphatic carbocycles. The molecule has 0 aromatic heterocycles. The second kappa shape index (κ2) is 7.82. The SMILES string of the molecule is CCCC(Cc1ccccc1)NC(=O)OC1CC2CCOC2C1. The summed E-state index contributed by atoms with van der Waals surface area (Å²) in [7, 11) is 0. The predicted octanol–water partition coefficient (Wildman–Crippen LogP) is 3.69. The summed E-state index contributed by atoms with van der Waals surface area (Å²) in [5.41, 5.74) is 1.25. The molecular weight excluding hydrogens is 290 g/mol. The van der Waals surface area contributed by atoms with E-state index in [-0.39, 0.29) is 18.2 Å². The van der Waals surface area contributed by atoms with E-state index in [0.717, 1.165) is 45.1 Å². The van der Waals surface area contributed by atoms with E-state index in [1.165, 1.54) is 5.56 Å². The number of nitrogens with one attached hydrogen (secondary N) is 1. The number of rotatable bonds is 6. The van der Waals surface area contributed by atoms with Gasteiger partial charge in [-0.1, -0.05) is 43.7 Å². The maximum absolute atomic E-state index is 12.2. The first-order valence-corrected chi connectivity index (χ1v) is 8.87. The number of fused-ring (bicyclic) bond motifs is 1. The van der Waals surface area contributed by atoms with Crippen molar-refractivity contribution in [1.82, 2.24) is 5.32 Å². The summed E-state index contributed by atoms with van der Waals surface area (Å²) in [5.74, 6) is 0.587. The first-order valence-electron chi connectivity index (χ1n) is 8.87. The zero-order valence-corrected chi connectivity index (χ0v) is 13.9. The fraction of sp³-hybridized carbons (Fsp3) is 0.632. The molecule has 1 N–H and O–H groups in total. The predicted molar refractivity (Wildman–Crippen MR) is 89.3 cm³/mol. The number of hydrogen-bond donors (Lipinski definition) is 1. The standard InChI is InChI=1S/C19H27NO3/c1-2-6-16(11-14-7-4-3-5-8-14)20-19(21)23-17-12-15-9-10-22-18(15)13-17/h3-5,7-8,15-18H,2,6,9-13H2,1H3,(H,20,21). The third-order valence-corrected chi connectivity index (χ3v) is 4.96. The Morgan fingerprint density at radius 2 is 2.17 bits per heavy atom. The van der Waals surface area contributed by atoms with Gasteiger partial charge in [0.05, 0.1) is 6.10 Å². The molecule has 1 amide bonds. The highest BCUT2D eigenvalue weighted by atomic mass is 16.6. The Hall–Kier alpha value is -1.55. The average Bonchev–Trinajstić information content (AvgIpc) is 3.09. The van der Waals surface area contributed by atoms with Crippen LogP contribution in [-0.2, 0) is 15.9 Å². The Balaban J connectivity index is 1.48. The van der Waals surface area contributed by atoms with E-state index in [1.807, 2.05) is 18.2 Å². The molecule has 2 fully saturated rings. The Kier molecular flexibility index (Phi) is 5.55. The first-order chi connectivity index (χ1) is 11.2. The van der Waals surface area contributed by atoms with Crippen molar-refractivity contribution in [3.8, 4) is 0 Å². The third-order valence-electron chi connectivity index (χ3n) is 4.96. The minimum atomic E-state index is -0.274. The minimum absolute atomic E-state index is 0.0179. The number of alkyl carbamates (subject to hydrolysis) is 1. The van der Waals surface area contributed by atoms with E-state index >= 15 is 0 Å². The van der Waals surface area contributed by atoms with Gasteiger partial charge in [0, 0.05) is 19.1 Å². The lowest BCUT2D eigenvalue weighted by atomic mass is 10.0. The molecule has 1 saturated carbocycles. The summed E-state index contributed by atoms with van der Waals surface area (Å²) >= 11 is 0. The van der Waals surface area contributed by atoms with Crippen LogP contribution in [0.5, 0.6) is 0 Å². The van der Waals surface area contributed by atoms with Crippen LogP contribution in [-0.4, -0.2) is 30.9 Å². The van der Waals surface area contributed by atoms with Gasteiger partial charge in [0.2, 0.25) is 0 Å². The Labute approximate surface area is 138 Å². The summed E-state index contributed by atoms with van der Waals surface area (Å²) < 4.78 is 11.3. The molecule has 1 aliphatic heterocycles. The molecule has 1 aromatic rings. The van der Waals surface area contributed by atoms with Crippen LogP contribution in [0.25, 0.3) is 0 Å². The van der Waals surface area contributed by atoms with Gasteiger partial charge in [0.25, 0.3) is 0 Å². The topological polar surface area (TPSA) is 47.6 Å². The lowest BCUT2D eigenvalue weighted by molar-refractivity contribution is 0.0643. The van der Waals surface area contributed by atoms with Crippen LogP contribution < -0.4 is 5.32 Å². The molecule has 23 heavy (non-hydrogen) atoms. The van der Waals surface area contributed by atoms with Crippen molar-refractivity contribution in [2.75, 3.05) is 6.61 Å². The van der Waals surface area contributed by atoms with Crippen LogP contribution in [0.4, 0.5) is 4.79 Å². The van der Waals surface area contributed by atoms with E-state index in [1.54, 1.807) is 0 Å². The second-order valence-electron chi connectivity index (χ2n) is 6.78. The Morgan fingerprint density at radius 3 is 2.91 bits per heavy atom. The smallest absolute Gasteiger partial charge is 0.407 e. The van der Waals surface area contributed by atoms with E-state index in [4.69, 9.17) is 9.47 Å². The number of carbonyl (C=O) groups excluding carboxylic acids is 1. The van der Waals surface area contributed by atoms with Crippen LogP contribution >= 0.6 is 0 Å².